The minimum Gasteiger partial charge on any atom is -0.309 e. The van der Waals surface area contributed by atoms with Crippen LogP contribution < -0.4 is 5.32 Å². The van der Waals surface area contributed by atoms with E-state index in [1.54, 1.807) is 0 Å². The first kappa shape index (κ1) is 16.8. The van der Waals surface area contributed by atoms with Gasteiger partial charge in [-0.25, -0.2) is 4.98 Å². The lowest BCUT2D eigenvalue weighted by molar-refractivity contribution is 0.114. The summed E-state index contributed by atoms with van der Waals surface area (Å²) in [4.78, 5) is 12.1. The average Bonchev–Trinajstić information content (AvgIpc) is 2.51. The fraction of sp³-hybridized carbons (Fsp3) is 0.556. The van der Waals surface area contributed by atoms with Crippen molar-refractivity contribution in [3.05, 3.63) is 34.6 Å². The van der Waals surface area contributed by atoms with Gasteiger partial charge >= 0.3 is 0 Å². The first-order valence-corrected chi connectivity index (χ1v) is 9.28. The van der Waals surface area contributed by atoms with Crippen LogP contribution in [0.15, 0.2) is 28.9 Å². The number of rotatable bonds is 4. The van der Waals surface area contributed by atoms with E-state index in [-0.39, 0.29) is 0 Å². The summed E-state index contributed by atoms with van der Waals surface area (Å²) < 4.78 is 1.04. The van der Waals surface area contributed by atoms with Crippen molar-refractivity contribution in [3.8, 4) is 0 Å². The van der Waals surface area contributed by atoms with Crippen LogP contribution in [0.2, 0.25) is 0 Å². The smallest absolute Gasteiger partial charge is 0.0898 e. The topological polar surface area (TPSA) is 41.1 Å². The van der Waals surface area contributed by atoms with Crippen LogP contribution in [0.5, 0.6) is 0 Å². The third kappa shape index (κ3) is 3.90. The van der Waals surface area contributed by atoms with Crippen molar-refractivity contribution >= 4 is 27.0 Å². The van der Waals surface area contributed by atoms with Crippen molar-refractivity contribution in [2.24, 2.45) is 0 Å². The van der Waals surface area contributed by atoms with Crippen LogP contribution in [-0.4, -0.2) is 40.0 Å². The largest absolute Gasteiger partial charge is 0.309 e. The van der Waals surface area contributed by atoms with Gasteiger partial charge in [0.1, 0.15) is 0 Å². The Labute approximate surface area is 146 Å². The summed E-state index contributed by atoms with van der Waals surface area (Å²) in [6.45, 7) is 8.89. The van der Waals surface area contributed by atoms with E-state index in [4.69, 9.17) is 4.98 Å². The van der Waals surface area contributed by atoms with E-state index in [1.165, 1.54) is 0 Å². The third-order valence-corrected chi connectivity index (χ3v) is 4.95. The van der Waals surface area contributed by atoms with Gasteiger partial charge in [-0.1, -0.05) is 29.3 Å². The molecule has 5 heteroatoms. The molecule has 0 aliphatic carbocycles. The number of fused-ring (bicyclic) bond motifs is 1. The molecule has 1 unspecified atom stereocenters. The van der Waals surface area contributed by atoms with Crippen LogP contribution in [0.25, 0.3) is 11.0 Å². The van der Waals surface area contributed by atoms with Gasteiger partial charge in [-0.2, -0.15) is 0 Å². The molecule has 1 aliphatic rings. The summed E-state index contributed by atoms with van der Waals surface area (Å²) in [6, 6.07) is 7.49. The normalized spacial score (nSPS) is 24.0. The van der Waals surface area contributed by atoms with E-state index in [0.29, 0.717) is 18.1 Å². The van der Waals surface area contributed by atoms with Crippen LogP contribution in [0.3, 0.4) is 0 Å². The second-order valence-corrected chi connectivity index (χ2v) is 7.57. The molecule has 2 aromatic rings. The molecule has 1 fully saturated rings. The fourth-order valence-corrected chi connectivity index (χ4v) is 3.92. The maximum atomic E-state index is 4.92. The summed E-state index contributed by atoms with van der Waals surface area (Å²) in [5, 5.41) is 3.61. The van der Waals surface area contributed by atoms with Crippen molar-refractivity contribution in [1.82, 2.24) is 20.2 Å². The predicted molar refractivity (Wildman–Crippen MR) is 98.5 cm³/mol. The Balaban J connectivity index is 1.92. The van der Waals surface area contributed by atoms with Gasteiger partial charge in [0.2, 0.25) is 0 Å². The fourth-order valence-electron chi connectivity index (χ4n) is 3.57. The molecule has 0 radical (unpaired) electrons. The molecule has 0 spiro atoms. The number of nitrogens with zero attached hydrogens (tertiary/aromatic N) is 3. The highest BCUT2D eigenvalue weighted by atomic mass is 79.9. The number of aromatic nitrogens is 2. The Hall–Kier alpha value is -1.04. The van der Waals surface area contributed by atoms with Crippen LogP contribution in [-0.2, 0) is 0 Å². The monoisotopic (exact) mass is 376 g/mol. The van der Waals surface area contributed by atoms with Crippen molar-refractivity contribution in [2.75, 3.05) is 13.1 Å². The van der Waals surface area contributed by atoms with Crippen LogP contribution >= 0.6 is 15.9 Å². The second kappa shape index (κ2) is 7.24. The number of hydrogen-bond donors (Lipinski definition) is 1. The van der Waals surface area contributed by atoms with E-state index in [2.05, 4.69) is 51.9 Å². The molecule has 1 saturated heterocycles. The van der Waals surface area contributed by atoms with Crippen molar-refractivity contribution in [3.63, 3.8) is 0 Å². The number of piperazine rings is 1. The van der Waals surface area contributed by atoms with Gasteiger partial charge in [0.15, 0.2) is 0 Å². The third-order valence-electron chi connectivity index (χ3n) is 4.45. The summed E-state index contributed by atoms with van der Waals surface area (Å²) >= 11 is 3.50. The SMILES string of the molecule is CCCC(c1cnc2cc(Br)ccc2n1)N1C[C@@H](C)N[C@@H](C)C1. The van der Waals surface area contributed by atoms with Crippen LogP contribution in [0.4, 0.5) is 0 Å². The zero-order valence-electron chi connectivity index (χ0n) is 14.1. The number of halogens is 1. The molecule has 23 heavy (non-hydrogen) atoms. The number of nitrogens with one attached hydrogen (secondary N) is 1. The standard InChI is InChI=1S/C18H25BrN4/c1-4-5-18(23-10-12(2)21-13(3)11-23)17-9-20-16-8-14(19)6-7-15(16)22-17/h6-9,12-13,18,21H,4-5,10-11H2,1-3H3/t12-,13+,18?. The van der Waals surface area contributed by atoms with E-state index in [9.17, 15) is 0 Å². The Morgan fingerprint density at radius 3 is 2.70 bits per heavy atom. The number of benzene rings is 1. The highest BCUT2D eigenvalue weighted by Gasteiger charge is 2.28. The summed E-state index contributed by atoms with van der Waals surface area (Å²) in [7, 11) is 0. The Kier molecular flexibility index (Phi) is 5.29. The lowest BCUT2D eigenvalue weighted by Gasteiger charge is -2.40. The maximum Gasteiger partial charge on any atom is 0.0898 e. The first-order chi connectivity index (χ1) is 11.1. The van der Waals surface area contributed by atoms with Gasteiger partial charge in [-0.3, -0.25) is 9.88 Å². The average molecular weight is 377 g/mol. The second-order valence-electron chi connectivity index (χ2n) is 6.66. The summed E-state index contributed by atoms with van der Waals surface area (Å²) in [6.07, 6.45) is 4.24. The first-order valence-electron chi connectivity index (χ1n) is 8.49. The highest BCUT2D eigenvalue weighted by molar-refractivity contribution is 9.10. The summed E-state index contributed by atoms with van der Waals surface area (Å²) in [5.74, 6) is 0. The lowest BCUT2D eigenvalue weighted by atomic mass is 10.0. The molecule has 3 atom stereocenters. The van der Waals surface area contributed by atoms with Crippen molar-refractivity contribution in [1.29, 1.82) is 0 Å². The van der Waals surface area contributed by atoms with Gasteiger partial charge < -0.3 is 5.32 Å². The molecule has 1 aromatic heterocycles. The molecule has 0 bridgehead atoms. The Morgan fingerprint density at radius 1 is 1.26 bits per heavy atom. The van der Waals surface area contributed by atoms with E-state index < -0.39 is 0 Å². The van der Waals surface area contributed by atoms with Crippen molar-refractivity contribution in [2.45, 2.75) is 51.7 Å². The zero-order valence-corrected chi connectivity index (χ0v) is 15.7. The highest BCUT2D eigenvalue weighted by Crippen LogP contribution is 2.27. The van der Waals surface area contributed by atoms with E-state index >= 15 is 0 Å². The van der Waals surface area contributed by atoms with Gasteiger partial charge in [0.25, 0.3) is 0 Å². The molecule has 0 saturated carbocycles. The van der Waals surface area contributed by atoms with E-state index in [0.717, 1.165) is 47.1 Å². The van der Waals surface area contributed by atoms with Crippen LogP contribution in [0, 0.1) is 0 Å². The van der Waals surface area contributed by atoms with Gasteiger partial charge in [0.05, 0.1) is 29.0 Å². The van der Waals surface area contributed by atoms with Crippen LogP contribution in [0.1, 0.15) is 45.3 Å². The molecular weight excluding hydrogens is 352 g/mol. The molecule has 3 rings (SSSR count). The van der Waals surface area contributed by atoms with Crippen molar-refractivity contribution < 1.29 is 0 Å². The molecule has 1 N–H and O–H groups in total. The quantitative estimate of drug-likeness (QED) is 0.877. The van der Waals surface area contributed by atoms with E-state index in [1.807, 2.05) is 24.4 Å². The molecule has 124 valence electrons. The lowest BCUT2D eigenvalue weighted by Crippen LogP contribution is -2.55. The molecule has 0 amide bonds. The molecular formula is C18H25BrN4. The summed E-state index contributed by atoms with van der Waals surface area (Å²) in [5.41, 5.74) is 3.02. The Bertz CT molecular complexity index is 665. The molecule has 2 heterocycles. The zero-order chi connectivity index (χ0) is 16.4. The predicted octanol–water partition coefficient (Wildman–Crippen LogP) is 3.92. The minimum atomic E-state index is 0.354. The van der Waals surface area contributed by atoms with Gasteiger partial charge in [-0.05, 0) is 38.5 Å². The molecule has 4 nitrogen and oxygen atoms in total. The number of hydrogen-bond acceptors (Lipinski definition) is 4. The molecule has 1 aliphatic heterocycles. The van der Waals surface area contributed by atoms with Gasteiger partial charge in [0, 0.05) is 29.6 Å². The van der Waals surface area contributed by atoms with Gasteiger partial charge in [-0.15, -0.1) is 0 Å². The Morgan fingerprint density at radius 2 is 2.00 bits per heavy atom. The minimum absolute atomic E-state index is 0.354. The maximum absolute atomic E-state index is 4.92. The molecule has 1 aromatic carbocycles.